The van der Waals surface area contributed by atoms with Gasteiger partial charge in [0.25, 0.3) is 20.2 Å². The number of Topliss-reactive ketones (excluding diaryl/α,β-unsaturated/α-hetero) is 1. The highest BCUT2D eigenvalue weighted by Gasteiger charge is 2.90. The summed E-state index contributed by atoms with van der Waals surface area (Å²) in [6.45, 7) is 3.36. The molecule has 3 aromatic rings. The van der Waals surface area contributed by atoms with E-state index in [9.17, 15) is 30.7 Å². The normalized spacial score (nSPS) is 30.9. The molecular formula is C28H28O7S2. The number of benzene rings is 3. The SMILES string of the molecule is CC1(C)C2(CS(=O)(=O)O)CC(c3ccccc3)C1(c1ccccc1)C(c1ccccc1)(S(=O)(=O)O)C2=O. The third-order valence-electron chi connectivity index (χ3n) is 8.99. The van der Waals surface area contributed by atoms with Crippen LogP contribution in [0.3, 0.4) is 0 Å². The summed E-state index contributed by atoms with van der Waals surface area (Å²) in [5, 5.41) is 0. The molecule has 2 aliphatic carbocycles. The highest BCUT2D eigenvalue weighted by molar-refractivity contribution is 7.88. The van der Waals surface area contributed by atoms with Gasteiger partial charge in [0.2, 0.25) is 0 Å². The Hall–Kier alpha value is -2.85. The van der Waals surface area contributed by atoms with Gasteiger partial charge in [0.1, 0.15) is 0 Å². The molecule has 9 heteroatoms. The molecule has 0 radical (unpaired) electrons. The van der Waals surface area contributed by atoms with Crippen LogP contribution in [0.2, 0.25) is 0 Å². The van der Waals surface area contributed by atoms with Gasteiger partial charge >= 0.3 is 0 Å². The first-order valence-electron chi connectivity index (χ1n) is 11.9. The molecule has 2 fully saturated rings. The lowest BCUT2D eigenvalue weighted by Gasteiger charge is -2.52. The zero-order valence-corrected chi connectivity index (χ0v) is 22.0. The first-order chi connectivity index (χ1) is 17.3. The predicted octanol–water partition coefficient (Wildman–Crippen LogP) is 4.38. The molecule has 37 heavy (non-hydrogen) atoms. The fraction of sp³-hybridized carbons (Fsp3) is 0.321. The molecule has 2 bridgehead atoms. The third-order valence-corrected chi connectivity index (χ3v) is 11.4. The van der Waals surface area contributed by atoms with E-state index in [4.69, 9.17) is 0 Å². The van der Waals surface area contributed by atoms with Crippen molar-refractivity contribution < 1.29 is 30.7 Å². The van der Waals surface area contributed by atoms with E-state index in [0.29, 0.717) is 11.1 Å². The average Bonchev–Trinajstić information content (AvgIpc) is 3.11. The van der Waals surface area contributed by atoms with Crippen LogP contribution in [0.15, 0.2) is 91.0 Å². The van der Waals surface area contributed by atoms with Crippen molar-refractivity contribution in [1.82, 2.24) is 0 Å². The van der Waals surface area contributed by atoms with E-state index in [1.54, 1.807) is 74.5 Å². The molecule has 7 nitrogen and oxygen atoms in total. The third kappa shape index (κ3) is 3.08. The minimum absolute atomic E-state index is 0.0262. The van der Waals surface area contributed by atoms with Crippen LogP contribution >= 0.6 is 0 Å². The van der Waals surface area contributed by atoms with Crippen LogP contribution < -0.4 is 0 Å². The molecule has 3 aromatic carbocycles. The lowest BCUT2D eigenvalue weighted by molar-refractivity contribution is -0.131. The monoisotopic (exact) mass is 540 g/mol. The summed E-state index contributed by atoms with van der Waals surface area (Å²) >= 11 is 0. The van der Waals surface area contributed by atoms with Gasteiger partial charge in [-0.05, 0) is 34.4 Å². The second-order valence-electron chi connectivity index (χ2n) is 10.6. The Bertz CT molecular complexity index is 1570. The van der Waals surface area contributed by atoms with E-state index in [0.717, 1.165) is 0 Å². The van der Waals surface area contributed by atoms with Gasteiger partial charge in [-0.3, -0.25) is 13.9 Å². The summed E-state index contributed by atoms with van der Waals surface area (Å²) in [5.74, 6) is -2.59. The Labute approximate surface area is 217 Å². The highest BCUT2D eigenvalue weighted by Crippen LogP contribution is 2.82. The molecule has 4 unspecified atom stereocenters. The van der Waals surface area contributed by atoms with Crippen LogP contribution in [0.25, 0.3) is 0 Å². The van der Waals surface area contributed by atoms with E-state index < -0.39 is 58.7 Å². The van der Waals surface area contributed by atoms with Crippen molar-refractivity contribution in [2.24, 2.45) is 10.8 Å². The lowest BCUT2D eigenvalue weighted by atomic mass is 9.54. The van der Waals surface area contributed by atoms with Crippen LogP contribution in [-0.2, 0) is 35.2 Å². The Kier molecular flexibility index (Phi) is 5.63. The van der Waals surface area contributed by atoms with E-state index in [1.807, 2.05) is 18.2 Å². The summed E-state index contributed by atoms with van der Waals surface area (Å²) in [5.41, 5.74) is -3.59. The molecule has 2 aliphatic rings. The first kappa shape index (κ1) is 25.8. The van der Waals surface area contributed by atoms with Gasteiger partial charge < -0.3 is 0 Å². The lowest BCUT2D eigenvalue weighted by Crippen LogP contribution is -2.61. The van der Waals surface area contributed by atoms with Crippen LogP contribution in [0.5, 0.6) is 0 Å². The Morgan fingerprint density at radius 2 is 1.22 bits per heavy atom. The van der Waals surface area contributed by atoms with Crippen molar-refractivity contribution in [3.05, 3.63) is 108 Å². The zero-order valence-electron chi connectivity index (χ0n) is 20.4. The average molecular weight is 541 g/mol. The maximum Gasteiger partial charge on any atom is 0.283 e. The molecule has 194 valence electrons. The number of rotatable bonds is 6. The fourth-order valence-electron chi connectivity index (χ4n) is 7.78. The van der Waals surface area contributed by atoms with Crippen molar-refractivity contribution in [2.75, 3.05) is 5.75 Å². The van der Waals surface area contributed by atoms with Gasteiger partial charge in [-0.15, -0.1) is 0 Å². The van der Waals surface area contributed by atoms with Gasteiger partial charge in [0.15, 0.2) is 10.5 Å². The Morgan fingerprint density at radius 1 is 0.757 bits per heavy atom. The number of hydrogen-bond acceptors (Lipinski definition) is 5. The number of fused-ring (bicyclic) bond motifs is 2. The number of ketones is 1. The summed E-state index contributed by atoms with van der Waals surface area (Å²) in [6.07, 6.45) is -0.0262. The standard InChI is InChI=1S/C28H28O7S2/c1-25(2)26(19-36(30,31)32)18-23(20-12-6-3-7-13-20)27(25,21-14-8-4-9-15-21)28(24(26)29,37(33,34)35)22-16-10-5-11-17-22/h3-17,23H,18-19H2,1-2H3,(H,30,31,32)(H,33,34,35). The molecule has 4 atom stereocenters. The second kappa shape index (κ2) is 8.07. The Morgan fingerprint density at radius 3 is 1.68 bits per heavy atom. The molecule has 0 aliphatic heterocycles. The predicted molar refractivity (Wildman–Crippen MR) is 139 cm³/mol. The van der Waals surface area contributed by atoms with Gasteiger partial charge in [-0.2, -0.15) is 16.8 Å². The molecule has 0 aromatic heterocycles. The molecule has 2 N–H and O–H groups in total. The number of carbonyl (C=O) groups is 1. The molecule has 0 amide bonds. The van der Waals surface area contributed by atoms with Gasteiger partial charge in [-0.25, -0.2) is 0 Å². The highest BCUT2D eigenvalue weighted by atomic mass is 32.2. The summed E-state index contributed by atoms with van der Waals surface area (Å²) in [7, 11) is -9.98. The maximum atomic E-state index is 14.8. The molecule has 0 spiro atoms. The quantitative estimate of drug-likeness (QED) is 0.445. The minimum atomic E-state index is -5.24. The fourth-order valence-corrected chi connectivity index (χ4v) is 10.8. The van der Waals surface area contributed by atoms with Crippen LogP contribution in [-0.4, -0.2) is 37.5 Å². The molecule has 0 heterocycles. The summed E-state index contributed by atoms with van der Waals surface area (Å²) in [6, 6.07) is 25.5. The van der Waals surface area contributed by atoms with Crippen molar-refractivity contribution in [3.8, 4) is 0 Å². The Balaban J connectivity index is 2.07. The smallest absolute Gasteiger partial charge is 0.283 e. The van der Waals surface area contributed by atoms with Crippen molar-refractivity contribution in [2.45, 2.75) is 36.3 Å². The summed E-state index contributed by atoms with van der Waals surface area (Å²) in [4.78, 5) is 14.8. The molecule has 0 saturated heterocycles. The largest absolute Gasteiger partial charge is 0.297 e. The van der Waals surface area contributed by atoms with Crippen molar-refractivity contribution >= 4 is 26.0 Å². The zero-order chi connectivity index (χ0) is 26.9. The van der Waals surface area contributed by atoms with E-state index in [-0.39, 0.29) is 12.0 Å². The molecule has 5 rings (SSSR count). The van der Waals surface area contributed by atoms with Crippen molar-refractivity contribution in [3.63, 3.8) is 0 Å². The molecule has 2 saturated carbocycles. The molecular weight excluding hydrogens is 512 g/mol. The first-order valence-corrected chi connectivity index (χ1v) is 15.0. The summed E-state index contributed by atoms with van der Waals surface area (Å²) < 4.78 is 71.4. The van der Waals surface area contributed by atoms with E-state index >= 15 is 0 Å². The number of carbonyl (C=O) groups excluding carboxylic acids is 1. The van der Waals surface area contributed by atoms with E-state index in [2.05, 4.69) is 0 Å². The van der Waals surface area contributed by atoms with Crippen LogP contribution in [0.4, 0.5) is 0 Å². The maximum absolute atomic E-state index is 14.8. The van der Waals surface area contributed by atoms with E-state index in [1.165, 1.54) is 12.1 Å². The van der Waals surface area contributed by atoms with Crippen molar-refractivity contribution in [1.29, 1.82) is 0 Å². The van der Waals surface area contributed by atoms with Gasteiger partial charge in [0.05, 0.1) is 11.2 Å². The minimum Gasteiger partial charge on any atom is -0.297 e. The van der Waals surface area contributed by atoms with Crippen LogP contribution in [0.1, 0.15) is 42.9 Å². The number of hydrogen-bond donors (Lipinski definition) is 2. The van der Waals surface area contributed by atoms with Gasteiger partial charge in [0, 0.05) is 5.41 Å². The van der Waals surface area contributed by atoms with Gasteiger partial charge in [-0.1, -0.05) is 105 Å². The topological polar surface area (TPSA) is 126 Å². The second-order valence-corrected chi connectivity index (χ2v) is 13.6. The van der Waals surface area contributed by atoms with Crippen LogP contribution in [0, 0.1) is 10.8 Å².